The number of nitrogens with zero attached hydrogens (tertiary/aromatic N) is 2. The molecule has 0 unspecified atom stereocenters. The monoisotopic (exact) mass is 426 g/mol. The van der Waals surface area contributed by atoms with Crippen molar-refractivity contribution in [1.29, 1.82) is 0 Å². The van der Waals surface area contributed by atoms with E-state index < -0.39 is 0 Å². The Morgan fingerprint density at radius 3 is 2.12 bits per heavy atom. The minimum absolute atomic E-state index is 0.344. The first-order valence-corrected chi connectivity index (χ1v) is 10.5. The highest BCUT2D eigenvalue weighted by molar-refractivity contribution is 6.46. The molecule has 1 aliphatic heterocycles. The molecule has 0 aromatic heterocycles. The van der Waals surface area contributed by atoms with Crippen molar-refractivity contribution in [3.05, 3.63) is 94.7 Å². The third kappa shape index (κ3) is 3.56. The SMILES string of the molecule is COc1ccc(C)cc1N1C(=O)C(c2ccc(C)cc2C)=C(N(C)c2ccccc2)C1=O. The highest BCUT2D eigenvalue weighted by Crippen LogP contribution is 2.40. The van der Waals surface area contributed by atoms with Crippen LogP contribution < -0.4 is 14.5 Å². The van der Waals surface area contributed by atoms with Gasteiger partial charge in [0, 0.05) is 12.7 Å². The Hall–Kier alpha value is -3.86. The molecular weight excluding hydrogens is 400 g/mol. The van der Waals surface area contributed by atoms with E-state index in [1.807, 2.05) is 82.4 Å². The van der Waals surface area contributed by atoms with Gasteiger partial charge in [0.15, 0.2) is 0 Å². The average molecular weight is 427 g/mol. The molecule has 1 aliphatic rings. The van der Waals surface area contributed by atoms with Crippen LogP contribution in [0.2, 0.25) is 0 Å². The lowest BCUT2D eigenvalue weighted by Crippen LogP contribution is -2.34. The van der Waals surface area contributed by atoms with Crippen LogP contribution in [0, 0.1) is 20.8 Å². The fraction of sp³-hybridized carbons (Fsp3) is 0.185. The second-order valence-corrected chi connectivity index (χ2v) is 8.06. The molecule has 0 N–H and O–H groups in total. The van der Waals surface area contributed by atoms with E-state index in [-0.39, 0.29) is 11.8 Å². The number of likely N-dealkylation sites (N-methyl/N-ethyl adjacent to an activating group) is 1. The molecule has 0 aliphatic carbocycles. The number of hydrogen-bond acceptors (Lipinski definition) is 4. The fourth-order valence-electron chi connectivity index (χ4n) is 4.14. The van der Waals surface area contributed by atoms with Gasteiger partial charge in [0.05, 0.1) is 18.4 Å². The van der Waals surface area contributed by atoms with E-state index >= 15 is 0 Å². The number of imide groups is 1. The van der Waals surface area contributed by atoms with Gasteiger partial charge in [-0.3, -0.25) is 9.59 Å². The fourth-order valence-corrected chi connectivity index (χ4v) is 4.14. The van der Waals surface area contributed by atoms with Crippen LogP contribution in [-0.2, 0) is 9.59 Å². The molecule has 0 radical (unpaired) electrons. The van der Waals surface area contributed by atoms with E-state index in [9.17, 15) is 9.59 Å². The number of aryl methyl sites for hydroxylation is 3. The summed E-state index contributed by atoms with van der Waals surface area (Å²) in [6.45, 7) is 5.89. The lowest BCUT2D eigenvalue weighted by Gasteiger charge is -2.22. The predicted octanol–water partition coefficient (Wildman–Crippen LogP) is 5.04. The Labute approximate surface area is 188 Å². The summed E-state index contributed by atoms with van der Waals surface area (Å²) in [5.41, 5.74) is 5.72. The largest absolute Gasteiger partial charge is 0.495 e. The van der Waals surface area contributed by atoms with Gasteiger partial charge in [-0.15, -0.1) is 0 Å². The zero-order chi connectivity index (χ0) is 23.0. The number of hydrogen-bond donors (Lipinski definition) is 0. The Morgan fingerprint density at radius 1 is 0.812 bits per heavy atom. The Morgan fingerprint density at radius 2 is 1.47 bits per heavy atom. The molecule has 3 aromatic rings. The van der Waals surface area contributed by atoms with E-state index in [1.54, 1.807) is 17.0 Å². The van der Waals surface area contributed by atoms with Crippen LogP contribution in [-0.4, -0.2) is 26.0 Å². The minimum atomic E-state index is -0.375. The standard InChI is InChI=1S/C27H26N2O3/c1-17-11-13-21(19(3)15-17)24-25(28(4)20-9-7-6-8-10-20)27(31)29(26(24)30)22-16-18(2)12-14-23(22)32-5/h6-16H,1-5H3. The maximum atomic E-state index is 13.8. The number of anilines is 2. The first kappa shape index (κ1) is 21.4. The van der Waals surface area contributed by atoms with Crippen LogP contribution in [0.3, 0.4) is 0 Å². The van der Waals surface area contributed by atoms with Crippen molar-refractivity contribution in [2.45, 2.75) is 20.8 Å². The number of para-hydroxylation sites is 1. The van der Waals surface area contributed by atoms with Gasteiger partial charge >= 0.3 is 0 Å². The summed E-state index contributed by atoms with van der Waals surface area (Å²) in [7, 11) is 3.35. The van der Waals surface area contributed by atoms with Crippen LogP contribution in [0.25, 0.3) is 5.57 Å². The van der Waals surface area contributed by atoms with Crippen molar-refractivity contribution in [1.82, 2.24) is 0 Å². The molecule has 5 heteroatoms. The second kappa shape index (κ2) is 8.35. The van der Waals surface area contributed by atoms with Crippen molar-refractivity contribution < 1.29 is 14.3 Å². The lowest BCUT2D eigenvalue weighted by atomic mass is 9.97. The summed E-state index contributed by atoms with van der Waals surface area (Å²) in [4.78, 5) is 30.7. The topological polar surface area (TPSA) is 49.9 Å². The first-order valence-electron chi connectivity index (χ1n) is 10.5. The summed E-state index contributed by atoms with van der Waals surface area (Å²) in [6, 6.07) is 20.9. The van der Waals surface area contributed by atoms with Crippen LogP contribution in [0.4, 0.5) is 11.4 Å². The van der Waals surface area contributed by atoms with Gasteiger partial charge in [0.1, 0.15) is 11.4 Å². The molecule has 0 bridgehead atoms. The predicted molar refractivity (Wildman–Crippen MR) is 128 cm³/mol. The molecule has 0 saturated heterocycles. The molecule has 0 saturated carbocycles. The summed E-state index contributed by atoms with van der Waals surface area (Å²) in [5.74, 6) is -0.259. The van der Waals surface area contributed by atoms with E-state index in [0.717, 1.165) is 27.9 Å². The van der Waals surface area contributed by atoms with Crippen LogP contribution >= 0.6 is 0 Å². The third-order valence-electron chi connectivity index (χ3n) is 5.76. The maximum Gasteiger partial charge on any atom is 0.282 e. The van der Waals surface area contributed by atoms with Crippen LogP contribution in [0.5, 0.6) is 5.75 Å². The lowest BCUT2D eigenvalue weighted by molar-refractivity contribution is -0.120. The summed E-state index contributed by atoms with van der Waals surface area (Å²) in [6.07, 6.45) is 0. The van der Waals surface area contributed by atoms with Crippen molar-refractivity contribution >= 4 is 28.8 Å². The highest BCUT2D eigenvalue weighted by Gasteiger charge is 2.43. The molecular formula is C27H26N2O3. The number of carbonyl (C=O) groups is 2. The maximum absolute atomic E-state index is 13.8. The summed E-state index contributed by atoms with van der Waals surface area (Å²) in [5, 5.41) is 0. The molecule has 162 valence electrons. The molecule has 0 atom stereocenters. The number of amides is 2. The van der Waals surface area contributed by atoms with E-state index in [2.05, 4.69) is 0 Å². The number of benzene rings is 3. The van der Waals surface area contributed by atoms with Gasteiger partial charge in [-0.1, -0.05) is 48.0 Å². The number of rotatable bonds is 5. The highest BCUT2D eigenvalue weighted by atomic mass is 16.5. The molecule has 0 fully saturated rings. The number of methoxy groups -OCH3 is 1. The van der Waals surface area contributed by atoms with Crippen molar-refractivity contribution in [2.24, 2.45) is 0 Å². The van der Waals surface area contributed by atoms with Crippen molar-refractivity contribution in [3.63, 3.8) is 0 Å². The number of ether oxygens (including phenoxy) is 1. The Kier molecular flexibility index (Phi) is 5.57. The van der Waals surface area contributed by atoms with Gasteiger partial charge in [-0.25, -0.2) is 4.90 Å². The van der Waals surface area contributed by atoms with Crippen LogP contribution in [0.1, 0.15) is 22.3 Å². The molecule has 32 heavy (non-hydrogen) atoms. The van der Waals surface area contributed by atoms with E-state index in [4.69, 9.17) is 4.74 Å². The number of carbonyl (C=O) groups excluding carboxylic acids is 2. The molecule has 2 amide bonds. The van der Waals surface area contributed by atoms with Crippen LogP contribution in [0.15, 0.2) is 72.4 Å². The minimum Gasteiger partial charge on any atom is -0.495 e. The van der Waals surface area contributed by atoms with E-state index in [1.165, 1.54) is 12.0 Å². The molecule has 1 heterocycles. The van der Waals surface area contributed by atoms with Gasteiger partial charge in [-0.2, -0.15) is 0 Å². The molecule has 3 aromatic carbocycles. The zero-order valence-electron chi connectivity index (χ0n) is 19.0. The first-order chi connectivity index (χ1) is 15.3. The summed E-state index contributed by atoms with van der Waals surface area (Å²) >= 11 is 0. The Balaban J connectivity index is 1.94. The van der Waals surface area contributed by atoms with Crippen molar-refractivity contribution in [2.75, 3.05) is 24.0 Å². The zero-order valence-corrected chi connectivity index (χ0v) is 19.0. The van der Waals surface area contributed by atoms with Gasteiger partial charge in [0.2, 0.25) is 0 Å². The third-order valence-corrected chi connectivity index (χ3v) is 5.76. The summed E-state index contributed by atoms with van der Waals surface area (Å²) < 4.78 is 5.49. The normalized spacial score (nSPS) is 13.7. The van der Waals surface area contributed by atoms with Gasteiger partial charge < -0.3 is 9.64 Å². The second-order valence-electron chi connectivity index (χ2n) is 8.06. The molecule has 4 rings (SSSR count). The molecule has 0 spiro atoms. The average Bonchev–Trinajstić information content (AvgIpc) is 3.03. The van der Waals surface area contributed by atoms with Gasteiger partial charge in [0.25, 0.3) is 11.8 Å². The van der Waals surface area contributed by atoms with E-state index in [0.29, 0.717) is 22.7 Å². The van der Waals surface area contributed by atoms with Gasteiger partial charge in [-0.05, 0) is 61.7 Å². The van der Waals surface area contributed by atoms with Crippen molar-refractivity contribution in [3.8, 4) is 5.75 Å². The quantitative estimate of drug-likeness (QED) is 0.536. The Bertz CT molecular complexity index is 1250. The molecule has 5 nitrogen and oxygen atoms in total. The smallest absolute Gasteiger partial charge is 0.282 e.